The molecule has 0 aliphatic carbocycles. The van der Waals surface area contributed by atoms with Crippen molar-refractivity contribution < 1.29 is 14.3 Å². The van der Waals surface area contributed by atoms with Crippen LogP contribution < -0.4 is 9.47 Å². The molecule has 0 N–H and O–H groups in total. The minimum atomic E-state index is 0.145. The highest BCUT2D eigenvalue weighted by Crippen LogP contribution is 2.33. The van der Waals surface area contributed by atoms with Crippen molar-refractivity contribution in [2.45, 2.75) is 25.8 Å². The third-order valence-electron chi connectivity index (χ3n) is 4.75. The van der Waals surface area contributed by atoms with E-state index in [1.54, 1.807) is 14.2 Å². The van der Waals surface area contributed by atoms with E-state index in [1.807, 2.05) is 17.0 Å². The first-order chi connectivity index (χ1) is 12.1. The lowest BCUT2D eigenvalue weighted by Gasteiger charge is -2.30. The zero-order valence-electron chi connectivity index (χ0n) is 14.7. The van der Waals surface area contributed by atoms with E-state index < -0.39 is 0 Å². The molecule has 0 saturated carbocycles. The Bertz CT molecular complexity index is 660. The SMILES string of the molecule is COc1cc2c(cc1OC)CN(C(=O)CSC(=S)N1CCCC1)CC2. The van der Waals surface area contributed by atoms with E-state index in [4.69, 9.17) is 21.7 Å². The fourth-order valence-electron chi connectivity index (χ4n) is 3.30. The number of hydrogen-bond donors (Lipinski definition) is 0. The Balaban J connectivity index is 1.59. The van der Waals surface area contributed by atoms with Crippen LogP contribution in [0.2, 0.25) is 0 Å². The molecule has 0 radical (unpaired) electrons. The van der Waals surface area contributed by atoms with E-state index >= 15 is 0 Å². The Morgan fingerprint density at radius 2 is 1.72 bits per heavy atom. The van der Waals surface area contributed by atoms with Crippen LogP contribution in [0, 0.1) is 0 Å². The van der Waals surface area contributed by atoms with Gasteiger partial charge in [0.25, 0.3) is 0 Å². The van der Waals surface area contributed by atoms with Gasteiger partial charge >= 0.3 is 0 Å². The van der Waals surface area contributed by atoms with Gasteiger partial charge in [-0.25, -0.2) is 0 Å². The van der Waals surface area contributed by atoms with Crippen LogP contribution >= 0.6 is 24.0 Å². The van der Waals surface area contributed by atoms with Crippen molar-refractivity contribution in [3.05, 3.63) is 23.3 Å². The van der Waals surface area contributed by atoms with E-state index in [1.165, 1.54) is 30.2 Å². The van der Waals surface area contributed by atoms with Gasteiger partial charge in [-0.15, -0.1) is 0 Å². The average Bonchev–Trinajstić information content (AvgIpc) is 3.18. The fraction of sp³-hybridized carbons (Fsp3) is 0.556. The molecule has 2 aliphatic heterocycles. The largest absolute Gasteiger partial charge is 0.493 e. The van der Waals surface area contributed by atoms with Gasteiger partial charge in [0.05, 0.1) is 20.0 Å². The van der Waals surface area contributed by atoms with Crippen LogP contribution in [-0.4, -0.2) is 59.6 Å². The second kappa shape index (κ2) is 8.27. The molecule has 7 heteroatoms. The molecule has 0 bridgehead atoms. The average molecular weight is 381 g/mol. The van der Waals surface area contributed by atoms with Gasteiger partial charge in [-0.2, -0.15) is 0 Å². The number of benzene rings is 1. The fourth-order valence-corrected chi connectivity index (χ4v) is 4.46. The van der Waals surface area contributed by atoms with Gasteiger partial charge in [-0.3, -0.25) is 4.79 Å². The topological polar surface area (TPSA) is 42.0 Å². The highest BCUT2D eigenvalue weighted by atomic mass is 32.2. The number of carbonyl (C=O) groups excluding carboxylic acids is 1. The van der Waals surface area contributed by atoms with Crippen LogP contribution in [0.15, 0.2) is 12.1 Å². The predicted octanol–water partition coefficient (Wildman–Crippen LogP) is 2.70. The molecule has 2 aliphatic rings. The van der Waals surface area contributed by atoms with Crippen molar-refractivity contribution in [3.8, 4) is 11.5 Å². The maximum Gasteiger partial charge on any atom is 0.233 e. The first kappa shape index (κ1) is 18.3. The number of fused-ring (bicyclic) bond motifs is 1. The van der Waals surface area contributed by atoms with Crippen molar-refractivity contribution in [2.75, 3.05) is 39.6 Å². The molecule has 5 nitrogen and oxygen atoms in total. The van der Waals surface area contributed by atoms with Gasteiger partial charge in [0.1, 0.15) is 4.32 Å². The summed E-state index contributed by atoms with van der Waals surface area (Å²) in [5.74, 6) is 2.01. The number of thioether (sulfide) groups is 1. The Kier molecular flexibility index (Phi) is 6.06. The van der Waals surface area contributed by atoms with Crippen LogP contribution in [-0.2, 0) is 17.8 Å². The van der Waals surface area contributed by atoms with Crippen molar-refractivity contribution in [2.24, 2.45) is 0 Å². The molecule has 25 heavy (non-hydrogen) atoms. The highest BCUT2D eigenvalue weighted by Gasteiger charge is 2.24. The summed E-state index contributed by atoms with van der Waals surface area (Å²) in [4.78, 5) is 16.7. The Morgan fingerprint density at radius 1 is 1.08 bits per heavy atom. The lowest BCUT2D eigenvalue weighted by molar-refractivity contribution is -0.129. The van der Waals surface area contributed by atoms with Crippen LogP contribution in [0.5, 0.6) is 11.5 Å². The number of amides is 1. The maximum atomic E-state index is 12.6. The number of likely N-dealkylation sites (tertiary alicyclic amines) is 1. The summed E-state index contributed by atoms with van der Waals surface area (Å²) in [5, 5.41) is 0. The number of carbonyl (C=O) groups is 1. The first-order valence-corrected chi connectivity index (χ1v) is 9.95. The zero-order valence-corrected chi connectivity index (χ0v) is 16.4. The quantitative estimate of drug-likeness (QED) is 0.748. The van der Waals surface area contributed by atoms with Gasteiger partial charge in [-0.05, 0) is 42.5 Å². The maximum absolute atomic E-state index is 12.6. The minimum absolute atomic E-state index is 0.145. The number of rotatable bonds is 4. The lowest BCUT2D eigenvalue weighted by Crippen LogP contribution is -2.37. The molecule has 0 spiro atoms. The number of hydrogen-bond acceptors (Lipinski definition) is 5. The molecule has 0 aromatic heterocycles. The Labute approximate surface area is 158 Å². The van der Waals surface area contributed by atoms with Gasteiger partial charge in [0, 0.05) is 26.2 Å². The van der Waals surface area contributed by atoms with E-state index in [2.05, 4.69) is 4.90 Å². The monoisotopic (exact) mass is 380 g/mol. The van der Waals surface area contributed by atoms with Crippen LogP contribution in [0.4, 0.5) is 0 Å². The normalized spacial score (nSPS) is 16.6. The lowest BCUT2D eigenvalue weighted by atomic mass is 9.99. The Hall–Kier alpha value is -1.47. The van der Waals surface area contributed by atoms with Gasteiger partial charge in [-0.1, -0.05) is 24.0 Å². The second-order valence-electron chi connectivity index (χ2n) is 6.29. The molecule has 1 aromatic rings. The number of methoxy groups -OCH3 is 2. The molecular weight excluding hydrogens is 356 g/mol. The van der Waals surface area contributed by atoms with Gasteiger partial charge < -0.3 is 19.3 Å². The summed E-state index contributed by atoms with van der Waals surface area (Å²) in [7, 11) is 3.27. The number of thiocarbonyl (C=S) groups is 1. The van der Waals surface area contributed by atoms with Crippen LogP contribution in [0.1, 0.15) is 24.0 Å². The molecule has 3 rings (SSSR count). The molecular formula is C18H24N2O3S2. The zero-order chi connectivity index (χ0) is 17.8. The molecule has 136 valence electrons. The Morgan fingerprint density at radius 3 is 2.36 bits per heavy atom. The third kappa shape index (κ3) is 4.20. The molecule has 0 atom stereocenters. The van der Waals surface area contributed by atoms with Crippen molar-refractivity contribution in [3.63, 3.8) is 0 Å². The van der Waals surface area contributed by atoms with Gasteiger partial charge in [0.2, 0.25) is 5.91 Å². The molecule has 1 saturated heterocycles. The summed E-state index contributed by atoms with van der Waals surface area (Å²) in [6.45, 7) is 3.40. The first-order valence-electron chi connectivity index (χ1n) is 8.55. The van der Waals surface area contributed by atoms with Crippen LogP contribution in [0.3, 0.4) is 0 Å². The van der Waals surface area contributed by atoms with Crippen molar-refractivity contribution >= 4 is 34.2 Å². The minimum Gasteiger partial charge on any atom is -0.493 e. The highest BCUT2D eigenvalue weighted by molar-refractivity contribution is 8.23. The summed E-state index contributed by atoms with van der Waals surface area (Å²) in [5.41, 5.74) is 2.35. The number of ether oxygens (including phenoxy) is 2. The van der Waals surface area contributed by atoms with E-state index in [0.29, 0.717) is 18.0 Å². The molecule has 1 fully saturated rings. The summed E-state index contributed by atoms with van der Waals surface area (Å²) >= 11 is 6.94. The third-order valence-corrected chi connectivity index (χ3v) is 6.26. The van der Waals surface area contributed by atoms with Gasteiger partial charge in [0.15, 0.2) is 11.5 Å². The summed E-state index contributed by atoms with van der Waals surface area (Å²) in [6, 6.07) is 4.00. The molecule has 1 aromatic carbocycles. The van der Waals surface area contributed by atoms with E-state index in [-0.39, 0.29) is 5.91 Å². The molecule has 2 heterocycles. The number of nitrogens with zero attached hydrogens (tertiary/aromatic N) is 2. The summed E-state index contributed by atoms with van der Waals surface area (Å²) < 4.78 is 11.6. The van der Waals surface area contributed by atoms with Crippen molar-refractivity contribution in [1.82, 2.24) is 9.80 Å². The standard InChI is InChI=1S/C18H24N2O3S2/c1-22-15-9-13-5-8-20(11-14(13)10-16(15)23-2)17(21)12-25-18(24)19-6-3-4-7-19/h9-10H,3-8,11-12H2,1-2H3. The smallest absolute Gasteiger partial charge is 0.233 e. The van der Waals surface area contributed by atoms with Crippen LogP contribution in [0.25, 0.3) is 0 Å². The van der Waals surface area contributed by atoms with Crippen molar-refractivity contribution in [1.29, 1.82) is 0 Å². The molecule has 0 unspecified atom stereocenters. The molecule has 1 amide bonds. The predicted molar refractivity (Wildman–Crippen MR) is 105 cm³/mol. The van der Waals surface area contributed by atoms with E-state index in [0.717, 1.165) is 41.7 Å². The summed E-state index contributed by atoms with van der Waals surface area (Å²) in [6.07, 6.45) is 3.23. The van der Waals surface area contributed by atoms with E-state index in [9.17, 15) is 4.79 Å². The second-order valence-corrected chi connectivity index (χ2v) is 7.90.